The van der Waals surface area contributed by atoms with Gasteiger partial charge in [-0.15, -0.1) is 0 Å². The van der Waals surface area contributed by atoms with Crippen molar-refractivity contribution in [2.24, 2.45) is 0 Å². The molecule has 0 aliphatic carbocycles. The molecular weight excluding hydrogens is 254 g/mol. The van der Waals surface area contributed by atoms with E-state index in [1.807, 2.05) is 6.92 Å². The molecule has 1 aromatic rings. The molecule has 1 fully saturated rings. The van der Waals surface area contributed by atoms with Crippen molar-refractivity contribution in [1.82, 2.24) is 0 Å². The van der Waals surface area contributed by atoms with Gasteiger partial charge in [-0.25, -0.2) is 0 Å². The molecule has 0 unspecified atom stereocenters. The first-order valence-electron chi connectivity index (χ1n) is 6.62. The minimum absolute atomic E-state index is 0.123. The van der Waals surface area contributed by atoms with E-state index in [1.54, 1.807) is 11.8 Å². The van der Waals surface area contributed by atoms with Gasteiger partial charge in [-0.3, -0.25) is 0 Å². The third-order valence-corrected chi connectivity index (χ3v) is 4.15. The second kappa shape index (κ2) is 6.31. The molecule has 0 atom stereocenters. The average molecular weight is 275 g/mol. The number of piperidine rings is 1. The Morgan fingerprint density at radius 1 is 1.21 bits per heavy atom. The van der Waals surface area contributed by atoms with Crippen LogP contribution in [0, 0.1) is 0 Å². The van der Waals surface area contributed by atoms with Crippen molar-refractivity contribution in [3.05, 3.63) is 47.9 Å². The minimum Gasteiger partial charge on any atom is -0.393 e. The predicted octanol–water partition coefficient (Wildman–Crippen LogP) is 3.89. The van der Waals surface area contributed by atoms with Gasteiger partial charge in [-0.05, 0) is 42.4 Å². The highest BCUT2D eigenvalue weighted by Crippen LogP contribution is 2.32. The van der Waals surface area contributed by atoms with E-state index in [-0.39, 0.29) is 6.10 Å². The van der Waals surface area contributed by atoms with E-state index < -0.39 is 0 Å². The number of rotatable bonds is 4. The van der Waals surface area contributed by atoms with Crippen molar-refractivity contribution < 1.29 is 5.11 Å². The third kappa shape index (κ3) is 3.88. The molecule has 0 radical (unpaired) electrons. The van der Waals surface area contributed by atoms with Crippen molar-refractivity contribution in [1.29, 1.82) is 0 Å². The van der Waals surface area contributed by atoms with Crippen molar-refractivity contribution in [2.45, 2.75) is 25.9 Å². The Morgan fingerprint density at radius 2 is 1.79 bits per heavy atom. The van der Waals surface area contributed by atoms with Crippen LogP contribution in [0.1, 0.15) is 25.3 Å². The molecule has 1 aromatic carbocycles. The summed E-state index contributed by atoms with van der Waals surface area (Å²) < 4.78 is 0. The summed E-state index contributed by atoms with van der Waals surface area (Å²) in [4.78, 5) is 4.41. The summed E-state index contributed by atoms with van der Waals surface area (Å²) in [5.41, 5.74) is 2.37. The lowest BCUT2D eigenvalue weighted by Gasteiger charge is -2.31. The van der Waals surface area contributed by atoms with E-state index in [1.165, 1.54) is 5.69 Å². The molecule has 1 heterocycles. The molecule has 0 amide bonds. The molecule has 0 bridgehead atoms. The van der Waals surface area contributed by atoms with Crippen molar-refractivity contribution >= 4 is 22.4 Å². The molecule has 1 saturated heterocycles. The Balaban J connectivity index is 2.02. The molecule has 0 saturated carbocycles. The van der Waals surface area contributed by atoms with Crippen LogP contribution in [-0.2, 0) is 0 Å². The molecule has 1 N–H and O–H groups in total. The van der Waals surface area contributed by atoms with Gasteiger partial charge in [0.15, 0.2) is 0 Å². The standard InChI is InChI=1S/C16H21NOS/c1-12(2)19-13(3)14-4-6-15(7-5-14)17-10-8-16(18)9-11-17/h4-7,16,18H,1,3,8-11H2,2H3. The maximum atomic E-state index is 9.53. The number of nitrogens with zero attached hydrogens (tertiary/aromatic N) is 1. The summed E-state index contributed by atoms with van der Waals surface area (Å²) in [7, 11) is 0. The van der Waals surface area contributed by atoms with Crippen LogP contribution in [0.2, 0.25) is 0 Å². The van der Waals surface area contributed by atoms with Crippen LogP contribution < -0.4 is 4.90 Å². The number of hydrogen-bond donors (Lipinski definition) is 1. The lowest BCUT2D eigenvalue weighted by molar-refractivity contribution is 0.145. The number of hydrogen-bond acceptors (Lipinski definition) is 3. The van der Waals surface area contributed by atoms with Crippen molar-refractivity contribution in [3.63, 3.8) is 0 Å². The lowest BCUT2D eigenvalue weighted by Crippen LogP contribution is -2.35. The summed E-state index contributed by atoms with van der Waals surface area (Å²) in [5, 5.41) is 9.53. The van der Waals surface area contributed by atoms with Gasteiger partial charge in [0.05, 0.1) is 6.10 Å². The molecular formula is C16H21NOS. The maximum absolute atomic E-state index is 9.53. The molecule has 0 spiro atoms. The highest BCUT2D eigenvalue weighted by molar-refractivity contribution is 8.11. The minimum atomic E-state index is -0.123. The molecule has 102 valence electrons. The largest absolute Gasteiger partial charge is 0.393 e. The van der Waals surface area contributed by atoms with Crippen LogP contribution in [0.15, 0.2) is 42.3 Å². The van der Waals surface area contributed by atoms with Crippen LogP contribution in [0.4, 0.5) is 5.69 Å². The average Bonchev–Trinajstić information content (AvgIpc) is 2.39. The number of aliphatic hydroxyl groups excluding tert-OH is 1. The van der Waals surface area contributed by atoms with Crippen molar-refractivity contribution in [3.8, 4) is 0 Å². The maximum Gasteiger partial charge on any atom is 0.0574 e. The van der Waals surface area contributed by atoms with Gasteiger partial charge in [0.25, 0.3) is 0 Å². The van der Waals surface area contributed by atoms with Crippen molar-refractivity contribution in [2.75, 3.05) is 18.0 Å². The fourth-order valence-electron chi connectivity index (χ4n) is 2.25. The normalized spacial score (nSPS) is 16.4. The first-order chi connectivity index (χ1) is 9.06. The number of aliphatic hydroxyl groups is 1. The lowest BCUT2D eigenvalue weighted by atomic mass is 10.1. The van der Waals surface area contributed by atoms with E-state index in [0.29, 0.717) is 0 Å². The number of allylic oxidation sites excluding steroid dienone is 1. The quantitative estimate of drug-likeness (QED) is 0.902. The third-order valence-electron chi connectivity index (χ3n) is 3.32. The first-order valence-corrected chi connectivity index (χ1v) is 7.43. The van der Waals surface area contributed by atoms with Gasteiger partial charge >= 0.3 is 0 Å². The van der Waals surface area contributed by atoms with Gasteiger partial charge in [-0.1, -0.05) is 37.1 Å². The highest BCUT2D eigenvalue weighted by atomic mass is 32.2. The van der Waals surface area contributed by atoms with E-state index in [0.717, 1.165) is 41.3 Å². The fraction of sp³-hybridized carbons (Fsp3) is 0.375. The number of thioether (sulfide) groups is 1. The van der Waals surface area contributed by atoms with Crippen LogP contribution in [0.3, 0.4) is 0 Å². The Hall–Kier alpha value is -1.19. The van der Waals surface area contributed by atoms with Crippen LogP contribution in [-0.4, -0.2) is 24.3 Å². The second-order valence-corrected chi connectivity index (χ2v) is 6.39. The number of anilines is 1. The molecule has 2 rings (SSSR count). The summed E-state index contributed by atoms with van der Waals surface area (Å²) in [5.74, 6) is 0. The molecule has 3 heteroatoms. The van der Waals surface area contributed by atoms with Crippen LogP contribution >= 0.6 is 11.8 Å². The van der Waals surface area contributed by atoms with Gasteiger partial charge in [-0.2, -0.15) is 0 Å². The smallest absolute Gasteiger partial charge is 0.0574 e. The molecule has 1 aliphatic heterocycles. The SMILES string of the molecule is C=C(C)SC(=C)c1ccc(N2CCC(O)CC2)cc1. The summed E-state index contributed by atoms with van der Waals surface area (Å²) in [6.07, 6.45) is 1.60. The van der Waals surface area contributed by atoms with E-state index in [2.05, 4.69) is 42.3 Å². The van der Waals surface area contributed by atoms with Gasteiger partial charge in [0.2, 0.25) is 0 Å². The van der Waals surface area contributed by atoms with Gasteiger partial charge < -0.3 is 10.0 Å². The van der Waals surface area contributed by atoms with Gasteiger partial charge in [0.1, 0.15) is 0 Å². The molecule has 19 heavy (non-hydrogen) atoms. The van der Waals surface area contributed by atoms with Crippen LogP contribution in [0.25, 0.3) is 4.91 Å². The zero-order valence-electron chi connectivity index (χ0n) is 11.4. The van der Waals surface area contributed by atoms with E-state index in [9.17, 15) is 5.11 Å². The Bertz CT molecular complexity index is 458. The summed E-state index contributed by atoms with van der Waals surface area (Å²) in [6.45, 7) is 11.8. The fourth-order valence-corrected chi connectivity index (χ4v) is 2.93. The summed E-state index contributed by atoms with van der Waals surface area (Å²) >= 11 is 1.61. The first kappa shape index (κ1) is 14.2. The topological polar surface area (TPSA) is 23.5 Å². The Labute approximate surface area is 119 Å². The Morgan fingerprint density at radius 3 is 2.32 bits per heavy atom. The van der Waals surface area contributed by atoms with E-state index in [4.69, 9.17) is 0 Å². The second-order valence-electron chi connectivity index (χ2n) is 4.99. The molecule has 0 aromatic heterocycles. The van der Waals surface area contributed by atoms with Crippen LogP contribution in [0.5, 0.6) is 0 Å². The highest BCUT2D eigenvalue weighted by Gasteiger charge is 2.17. The molecule has 2 nitrogen and oxygen atoms in total. The summed E-state index contributed by atoms with van der Waals surface area (Å²) in [6, 6.07) is 8.49. The number of benzene rings is 1. The zero-order valence-corrected chi connectivity index (χ0v) is 12.2. The monoisotopic (exact) mass is 275 g/mol. The van der Waals surface area contributed by atoms with Gasteiger partial charge in [0, 0.05) is 23.7 Å². The zero-order chi connectivity index (χ0) is 13.8. The van der Waals surface area contributed by atoms with E-state index >= 15 is 0 Å². The molecule has 1 aliphatic rings. The predicted molar refractivity (Wildman–Crippen MR) is 85.3 cm³/mol. The Kier molecular flexibility index (Phi) is 4.72.